The Kier molecular flexibility index (Phi) is 4.90. The Bertz CT molecular complexity index is 1360. The minimum atomic E-state index is -0.949. The Balaban J connectivity index is 1.51. The van der Waals surface area contributed by atoms with E-state index < -0.39 is 5.97 Å². The van der Waals surface area contributed by atoms with Crippen molar-refractivity contribution in [1.82, 2.24) is 9.97 Å². The summed E-state index contributed by atoms with van der Waals surface area (Å²) in [5.74, 6) is -0.258. The predicted octanol–water partition coefficient (Wildman–Crippen LogP) is 6.47. The monoisotopic (exact) mass is 423 g/mol. The highest BCUT2D eigenvalue weighted by atomic mass is 32.1. The van der Waals surface area contributed by atoms with Crippen LogP contribution in [0.3, 0.4) is 0 Å². The molecule has 0 spiro atoms. The van der Waals surface area contributed by atoms with E-state index in [1.165, 1.54) is 11.9 Å². The van der Waals surface area contributed by atoms with Crippen molar-refractivity contribution in [3.8, 4) is 22.3 Å². The van der Waals surface area contributed by atoms with Crippen LogP contribution in [0.5, 0.6) is 0 Å². The van der Waals surface area contributed by atoms with Gasteiger partial charge in [-0.3, -0.25) is 0 Å². The maximum Gasteiger partial charge on any atom is 0.335 e. The quantitative estimate of drug-likeness (QED) is 0.339. The third kappa shape index (κ3) is 3.76. The number of hydrogen-bond donors (Lipinski definition) is 2. The standard InChI is InChI=1S/C25H17N3O2S/c29-25(30)19-10-12-20(13-11-19)28-23-22-21(14-31-24(22)27-15-26-23)18-8-6-17(7-9-18)16-4-2-1-3-5-16/h1-15H,(H,29,30)(H,26,27,28). The van der Waals surface area contributed by atoms with Crippen LogP contribution in [-0.2, 0) is 0 Å². The van der Waals surface area contributed by atoms with Gasteiger partial charge in [-0.2, -0.15) is 0 Å². The van der Waals surface area contributed by atoms with E-state index in [9.17, 15) is 4.79 Å². The Morgan fingerprint density at radius 2 is 1.48 bits per heavy atom. The highest BCUT2D eigenvalue weighted by Gasteiger charge is 2.14. The van der Waals surface area contributed by atoms with E-state index in [1.807, 2.05) is 18.2 Å². The Morgan fingerprint density at radius 3 is 2.19 bits per heavy atom. The fourth-order valence-electron chi connectivity index (χ4n) is 3.49. The van der Waals surface area contributed by atoms with Gasteiger partial charge in [0.25, 0.3) is 0 Å². The Labute approximate surface area is 182 Å². The molecule has 0 fully saturated rings. The second-order valence-corrected chi connectivity index (χ2v) is 7.86. The molecule has 0 aliphatic carbocycles. The van der Waals surface area contributed by atoms with Crippen molar-refractivity contribution in [1.29, 1.82) is 0 Å². The number of anilines is 2. The molecule has 0 amide bonds. The van der Waals surface area contributed by atoms with Crippen LogP contribution in [0.4, 0.5) is 11.5 Å². The second-order valence-electron chi connectivity index (χ2n) is 7.00. The number of nitrogens with one attached hydrogen (secondary N) is 1. The number of nitrogens with zero attached hydrogens (tertiary/aromatic N) is 2. The SMILES string of the molecule is O=C(O)c1ccc(Nc2ncnc3scc(-c4ccc(-c5ccccc5)cc4)c23)cc1. The summed E-state index contributed by atoms with van der Waals surface area (Å²) in [7, 11) is 0. The van der Waals surface area contributed by atoms with Gasteiger partial charge in [-0.15, -0.1) is 11.3 Å². The summed E-state index contributed by atoms with van der Waals surface area (Å²) in [5.41, 5.74) is 5.50. The third-order valence-electron chi connectivity index (χ3n) is 5.07. The molecule has 0 saturated carbocycles. The highest BCUT2D eigenvalue weighted by Crippen LogP contribution is 2.38. The summed E-state index contributed by atoms with van der Waals surface area (Å²) < 4.78 is 0. The molecule has 3 aromatic carbocycles. The number of thiophene rings is 1. The molecular formula is C25H17N3O2S. The van der Waals surface area contributed by atoms with E-state index in [0.717, 1.165) is 32.6 Å². The number of carbonyl (C=O) groups is 1. The zero-order chi connectivity index (χ0) is 21.2. The normalized spacial score (nSPS) is 10.8. The molecule has 0 aliphatic heterocycles. The smallest absolute Gasteiger partial charge is 0.335 e. The van der Waals surface area contributed by atoms with E-state index in [2.05, 4.69) is 57.1 Å². The molecule has 0 unspecified atom stereocenters. The second kappa shape index (κ2) is 8.01. The molecule has 150 valence electrons. The fraction of sp³-hybridized carbons (Fsp3) is 0. The fourth-order valence-corrected chi connectivity index (χ4v) is 4.40. The summed E-state index contributed by atoms with van der Waals surface area (Å²) in [6, 6.07) is 25.4. The van der Waals surface area contributed by atoms with Gasteiger partial charge in [0, 0.05) is 16.6 Å². The molecule has 5 rings (SSSR count). The molecule has 6 heteroatoms. The molecule has 5 nitrogen and oxygen atoms in total. The van der Waals surface area contributed by atoms with Crippen LogP contribution in [0, 0.1) is 0 Å². The van der Waals surface area contributed by atoms with E-state index in [4.69, 9.17) is 5.11 Å². The summed E-state index contributed by atoms with van der Waals surface area (Å²) in [6.45, 7) is 0. The topological polar surface area (TPSA) is 75.1 Å². The summed E-state index contributed by atoms with van der Waals surface area (Å²) in [5, 5.41) is 15.4. The van der Waals surface area contributed by atoms with Gasteiger partial charge in [0.05, 0.1) is 10.9 Å². The van der Waals surface area contributed by atoms with Crippen molar-refractivity contribution in [2.75, 3.05) is 5.32 Å². The van der Waals surface area contributed by atoms with E-state index >= 15 is 0 Å². The third-order valence-corrected chi connectivity index (χ3v) is 5.95. The molecule has 0 bridgehead atoms. The van der Waals surface area contributed by atoms with Gasteiger partial charge < -0.3 is 10.4 Å². The largest absolute Gasteiger partial charge is 0.478 e. The maximum absolute atomic E-state index is 11.1. The van der Waals surface area contributed by atoms with Crippen molar-refractivity contribution in [2.45, 2.75) is 0 Å². The highest BCUT2D eigenvalue weighted by molar-refractivity contribution is 7.17. The molecule has 0 radical (unpaired) electrons. The van der Waals surface area contributed by atoms with Gasteiger partial charge in [0.1, 0.15) is 17.0 Å². The molecule has 2 N–H and O–H groups in total. The van der Waals surface area contributed by atoms with Crippen molar-refractivity contribution < 1.29 is 9.90 Å². The van der Waals surface area contributed by atoms with Crippen molar-refractivity contribution in [3.05, 3.63) is 96.1 Å². The molecule has 0 atom stereocenters. The minimum absolute atomic E-state index is 0.244. The zero-order valence-electron chi connectivity index (χ0n) is 16.3. The summed E-state index contributed by atoms with van der Waals surface area (Å²) in [6.07, 6.45) is 1.54. The van der Waals surface area contributed by atoms with Crippen LogP contribution < -0.4 is 5.32 Å². The van der Waals surface area contributed by atoms with Crippen LogP contribution in [0.15, 0.2) is 90.6 Å². The molecule has 0 aliphatic rings. The number of benzene rings is 3. The Hall–Kier alpha value is -4.03. The van der Waals surface area contributed by atoms with E-state index in [0.29, 0.717) is 5.82 Å². The lowest BCUT2D eigenvalue weighted by Crippen LogP contribution is -1.98. The first-order valence-corrected chi connectivity index (χ1v) is 10.6. The van der Waals surface area contributed by atoms with Crippen molar-refractivity contribution in [3.63, 3.8) is 0 Å². The number of fused-ring (bicyclic) bond motifs is 1. The van der Waals surface area contributed by atoms with Crippen LogP contribution in [0.2, 0.25) is 0 Å². The number of aromatic nitrogens is 2. The van der Waals surface area contributed by atoms with Crippen molar-refractivity contribution >= 4 is 39.0 Å². The maximum atomic E-state index is 11.1. The van der Waals surface area contributed by atoms with Crippen molar-refractivity contribution in [2.24, 2.45) is 0 Å². The number of rotatable bonds is 5. The van der Waals surface area contributed by atoms with Crippen LogP contribution in [0.25, 0.3) is 32.5 Å². The van der Waals surface area contributed by atoms with Crippen LogP contribution in [0.1, 0.15) is 10.4 Å². The summed E-state index contributed by atoms with van der Waals surface area (Å²) in [4.78, 5) is 20.9. The van der Waals surface area contributed by atoms with Gasteiger partial charge in [-0.05, 0) is 41.0 Å². The molecule has 0 saturated heterocycles. The van der Waals surface area contributed by atoms with Gasteiger partial charge >= 0.3 is 5.97 Å². The average molecular weight is 423 g/mol. The van der Waals surface area contributed by atoms with Gasteiger partial charge in [-0.25, -0.2) is 14.8 Å². The molecule has 31 heavy (non-hydrogen) atoms. The first-order valence-electron chi connectivity index (χ1n) is 9.67. The van der Waals surface area contributed by atoms with Gasteiger partial charge in [0.15, 0.2) is 0 Å². The first kappa shape index (κ1) is 19.0. The lowest BCUT2D eigenvalue weighted by molar-refractivity contribution is 0.0697. The van der Waals surface area contributed by atoms with Gasteiger partial charge in [-0.1, -0.05) is 54.6 Å². The lowest BCUT2D eigenvalue weighted by Gasteiger charge is -2.09. The van der Waals surface area contributed by atoms with E-state index in [1.54, 1.807) is 35.6 Å². The molecule has 2 aromatic heterocycles. The zero-order valence-corrected chi connectivity index (χ0v) is 17.1. The van der Waals surface area contributed by atoms with Gasteiger partial charge in [0.2, 0.25) is 0 Å². The average Bonchev–Trinajstić information content (AvgIpc) is 3.25. The Morgan fingerprint density at radius 1 is 0.806 bits per heavy atom. The lowest BCUT2D eigenvalue weighted by atomic mass is 10.0. The number of aromatic carboxylic acids is 1. The number of hydrogen-bond acceptors (Lipinski definition) is 5. The molecule has 5 aromatic rings. The van der Waals surface area contributed by atoms with Crippen LogP contribution in [-0.4, -0.2) is 21.0 Å². The molecule has 2 heterocycles. The first-order chi connectivity index (χ1) is 15.2. The predicted molar refractivity (Wildman–Crippen MR) is 125 cm³/mol. The molecular weight excluding hydrogens is 406 g/mol. The van der Waals surface area contributed by atoms with E-state index in [-0.39, 0.29) is 5.56 Å². The van der Waals surface area contributed by atoms with Crippen LogP contribution >= 0.6 is 11.3 Å². The minimum Gasteiger partial charge on any atom is -0.478 e. The summed E-state index contributed by atoms with van der Waals surface area (Å²) >= 11 is 1.57. The number of carboxylic acids is 1. The number of carboxylic acid groups (broad SMARTS) is 1.